The second-order valence-corrected chi connectivity index (χ2v) is 10.2. The van der Waals surface area contributed by atoms with Crippen LogP contribution in [0.25, 0.3) is 0 Å². The van der Waals surface area contributed by atoms with E-state index < -0.39 is 11.6 Å². The number of hydrogen-bond donors (Lipinski definition) is 1. The number of amides is 2. The van der Waals surface area contributed by atoms with E-state index in [9.17, 15) is 9.59 Å². The van der Waals surface area contributed by atoms with Gasteiger partial charge in [0.25, 0.3) is 5.91 Å². The van der Waals surface area contributed by atoms with E-state index >= 15 is 0 Å². The molecule has 9 heteroatoms. The molecule has 0 aliphatic carbocycles. The Kier molecular flexibility index (Phi) is 9.07. The molecule has 168 valence electrons. The van der Waals surface area contributed by atoms with Gasteiger partial charge in [-0.25, -0.2) is 0 Å². The average molecular weight is 551 g/mol. The second kappa shape index (κ2) is 10.9. The first kappa shape index (κ1) is 25.8. The van der Waals surface area contributed by atoms with Gasteiger partial charge in [0.1, 0.15) is 11.8 Å². The van der Waals surface area contributed by atoms with Gasteiger partial charge in [-0.15, -0.1) is 0 Å². The summed E-state index contributed by atoms with van der Waals surface area (Å²) in [7, 11) is 0. The van der Waals surface area contributed by atoms with E-state index in [0.717, 1.165) is 0 Å². The Morgan fingerprint density at radius 2 is 1.71 bits per heavy atom. The number of halogens is 4. The van der Waals surface area contributed by atoms with E-state index in [-0.39, 0.29) is 25.0 Å². The third-order valence-corrected chi connectivity index (χ3v) is 5.71. The molecule has 0 saturated heterocycles. The summed E-state index contributed by atoms with van der Waals surface area (Å²) in [5.41, 5.74) is 0.227. The second-order valence-electron chi connectivity index (χ2n) is 8.04. The predicted octanol–water partition coefficient (Wildman–Crippen LogP) is 6.12. The maximum absolute atomic E-state index is 13.1. The van der Waals surface area contributed by atoms with Crippen molar-refractivity contribution in [1.82, 2.24) is 10.2 Å². The van der Waals surface area contributed by atoms with Gasteiger partial charge in [0.2, 0.25) is 5.91 Å². The molecule has 0 aliphatic heterocycles. The lowest BCUT2D eigenvalue weighted by Gasteiger charge is -2.31. The molecular formula is C22H24BrCl3N2O3. The third kappa shape index (κ3) is 7.86. The molecule has 0 heterocycles. The van der Waals surface area contributed by atoms with E-state index in [1.165, 1.54) is 4.90 Å². The highest BCUT2D eigenvalue weighted by molar-refractivity contribution is 9.10. The number of nitrogens with one attached hydrogen (secondary N) is 1. The van der Waals surface area contributed by atoms with Gasteiger partial charge >= 0.3 is 0 Å². The predicted molar refractivity (Wildman–Crippen MR) is 129 cm³/mol. The van der Waals surface area contributed by atoms with Crippen molar-refractivity contribution in [3.05, 3.63) is 61.5 Å². The molecule has 31 heavy (non-hydrogen) atoms. The number of carbonyl (C=O) groups excluding carboxylic acids is 2. The van der Waals surface area contributed by atoms with Crippen LogP contribution in [0.5, 0.6) is 5.75 Å². The molecule has 0 unspecified atom stereocenters. The summed E-state index contributed by atoms with van der Waals surface area (Å²) in [5, 5.41) is 4.34. The molecule has 5 nitrogen and oxygen atoms in total. The van der Waals surface area contributed by atoms with E-state index in [2.05, 4.69) is 21.2 Å². The highest BCUT2D eigenvalue weighted by atomic mass is 79.9. The maximum Gasteiger partial charge on any atom is 0.261 e. The standard InChI is InChI=1S/C22H24BrCl3N2O3/c1-13(21(30)27-22(2,3)4)28(11-14-5-6-16(25)10-18(14)26)20(29)12-31-19-8-7-15(24)9-17(19)23/h5-10,13H,11-12H2,1-4H3,(H,27,30)/t13-/m0/s1. The topological polar surface area (TPSA) is 58.6 Å². The van der Waals surface area contributed by atoms with Crippen molar-refractivity contribution in [2.75, 3.05) is 6.61 Å². The van der Waals surface area contributed by atoms with Gasteiger partial charge in [-0.1, -0.05) is 40.9 Å². The zero-order valence-electron chi connectivity index (χ0n) is 17.6. The Hall–Kier alpha value is -1.47. The normalized spacial score (nSPS) is 12.3. The number of benzene rings is 2. The molecular weight excluding hydrogens is 527 g/mol. The minimum Gasteiger partial charge on any atom is -0.483 e. The van der Waals surface area contributed by atoms with Crippen molar-refractivity contribution < 1.29 is 14.3 Å². The molecule has 2 aromatic carbocycles. The van der Waals surface area contributed by atoms with Crippen molar-refractivity contribution in [3.8, 4) is 5.75 Å². The lowest BCUT2D eigenvalue weighted by atomic mass is 10.1. The van der Waals surface area contributed by atoms with Gasteiger partial charge in [-0.2, -0.15) is 0 Å². The summed E-state index contributed by atoms with van der Waals surface area (Å²) in [5.74, 6) is -0.183. The molecule has 2 rings (SSSR count). The van der Waals surface area contributed by atoms with Crippen molar-refractivity contribution >= 4 is 62.5 Å². The zero-order chi connectivity index (χ0) is 23.3. The first-order valence-corrected chi connectivity index (χ1v) is 11.4. The molecule has 1 N–H and O–H groups in total. The van der Waals surface area contributed by atoms with Gasteiger partial charge in [0.05, 0.1) is 4.47 Å². The molecule has 1 atom stereocenters. The van der Waals surface area contributed by atoms with Gasteiger partial charge in [0.15, 0.2) is 6.61 Å². The Morgan fingerprint density at radius 3 is 2.29 bits per heavy atom. The van der Waals surface area contributed by atoms with Crippen molar-refractivity contribution in [1.29, 1.82) is 0 Å². The fourth-order valence-corrected chi connectivity index (χ4v) is 3.97. The van der Waals surface area contributed by atoms with E-state index in [4.69, 9.17) is 39.5 Å². The van der Waals surface area contributed by atoms with E-state index in [0.29, 0.717) is 30.9 Å². The highest BCUT2D eigenvalue weighted by Gasteiger charge is 2.29. The summed E-state index contributed by atoms with van der Waals surface area (Å²) in [6, 6.07) is 9.26. The van der Waals surface area contributed by atoms with Crippen LogP contribution in [0, 0.1) is 0 Å². The van der Waals surface area contributed by atoms with Gasteiger partial charge in [-0.05, 0) is 79.5 Å². The molecule has 2 aromatic rings. The maximum atomic E-state index is 13.1. The molecule has 0 aromatic heterocycles. The monoisotopic (exact) mass is 548 g/mol. The summed E-state index contributed by atoms with van der Waals surface area (Å²) < 4.78 is 6.29. The largest absolute Gasteiger partial charge is 0.483 e. The Balaban J connectivity index is 2.24. The third-order valence-electron chi connectivity index (χ3n) is 4.27. The van der Waals surface area contributed by atoms with Crippen molar-refractivity contribution in [2.24, 2.45) is 0 Å². The first-order valence-electron chi connectivity index (χ1n) is 9.50. The van der Waals surface area contributed by atoms with Gasteiger partial charge in [-0.3, -0.25) is 9.59 Å². The van der Waals surface area contributed by atoms with E-state index in [1.54, 1.807) is 43.3 Å². The highest BCUT2D eigenvalue weighted by Crippen LogP contribution is 2.28. The van der Waals surface area contributed by atoms with Crippen molar-refractivity contribution in [2.45, 2.75) is 45.8 Å². The van der Waals surface area contributed by atoms with Crippen molar-refractivity contribution in [3.63, 3.8) is 0 Å². The minimum absolute atomic E-state index is 0.124. The van der Waals surface area contributed by atoms with Crippen LogP contribution in [0.1, 0.15) is 33.3 Å². The molecule has 0 spiro atoms. The fraction of sp³-hybridized carbons (Fsp3) is 0.364. The van der Waals surface area contributed by atoms with Gasteiger partial charge < -0.3 is 15.0 Å². The van der Waals surface area contributed by atoms with Crippen LogP contribution < -0.4 is 10.1 Å². The Labute approximate surface area is 206 Å². The van der Waals surface area contributed by atoms with Crippen LogP contribution in [0.4, 0.5) is 0 Å². The van der Waals surface area contributed by atoms with Crippen LogP contribution in [0.2, 0.25) is 15.1 Å². The summed E-state index contributed by atoms with van der Waals surface area (Å²) in [6.45, 7) is 7.15. The molecule has 2 amide bonds. The van der Waals surface area contributed by atoms with Crippen LogP contribution >= 0.6 is 50.7 Å². The first-order chi connectivity index (χ1) is 14.4. The molecule has 0 radical (unpaired) electrons. The van der Waals surface area contributed by atoms with Crippen LogP contribution in [0.15, 0.2) is 40.9 Å². The van der Waals surface area contributed by atoms with E-state index in [1.807, 2.05) is 20.8 Å². The summed E-state index contributed by atoms with van der Waals surface area (Å²) in [6.07, 6.45) is 0. The lowest BCUT2D eigenvalue weighted by Crippen LogP contribution is -2.53. The number of hydrogen-bond acceptors (Lipinski definition) is 3. The molecule has 0 saturated carbocycles. The quantitative estimate of drug-likeness (QED) is 0.452. The number of rotatable bonds is 7. The Morgan fingerprint density at radius 1 is 1.10 bits per heavy atom. The number of nitrogens with zero attached hydrogens (tertiary/aromatic N) is 1. The lowest BCUT2D eigenvalue weighted by molar-refractivity contribution is -0.142. The Bertz CT molecular complexity index is 964. The number of carbonyl (C=O) groups is 2. The van der Waals surface area contributed by atoms with Crippen LogP contribution in [-0.4, -0.2) is 34.9 Å². The molecule has 0 aliphatic rings. The number of ether oxygens (including phenoxy) is 1. The van der Waals surface area contributed by atoms with Crippen LogP contribution in [0.3, 0.4) is 0 Å². The zero-order valence-corrected chi connectivity index (χ0v) is 21.5. The van der Waals surface area contributed by atoms with Crippen LogP contribution in [-0.2, 0) is 16.1 Å². The SMILES string of the molecule is C[C@@H](C(=O)NC(C)(C)C)N(Cc1ccc(Cl)cc1Cl)C(=O)COc1ccc(Cl)cc1Br. The minimum atomic E-state index is -0.754. The average Bonchev–Trinajstić information content (AvgIpc) is 2.64. The molecule has 0 bridgehead atoms. The summed E-state index contributed by atoms with van der Waals surface area (Å²) >= 11 is 21.6. The fourth-order valence-electron chi connectivity index (χ4n) is 2.70. The van der Waals surface area contributed by atoms with Gasteiger partial charge in [0, 0.05) is 27.2 Å². The molecule has 0 fully saturated rings. The smallest absolute Gasteiger partial charge is 0.261 e. The summed E-state index contributed by atoms with van der Waals surface area (Å²) in [4.78, 5) is 27.3.